The largest absolute Gasteiger partial charge is 0.383 e. The van der Waals surface area contributed by atoms with Crippen molar-refractivity contribution in [3.05, 3.63) is 23.8 Å². The fourth-order valence-corrected chi connectivity index (χ4v) is 3.83. The number of hydrogen-bond donors (Lipinski definition) is 2. The Morgan fingerprint density at radius 2 is 2.28 bits per heavy atom. The van der Waals surface area contributed by atoms with Gasteiger partial charge < -0.3 is 10.6 Å². The van der Waals surface area contributed by atoms with Crippen LogP contribution >= 0.6 is 11.8 Å². The van der Waals surface area contributed by atoms with Crippen molar-refractivity contribution >= 4 is 17.4 Å². The summed E-state index contributed by atoms with van der Waals surface area (Å²) >= 11 is 2.00. The van der Waals surface area contributed by atoms with E-state index < -0.39 is 0 Å². The molecule has 1 unspecified atom stereocenters. The number of anilines is 1. The minimum atomic E-state index is 0.657. The Labute approximate surface area is 114 Å². The molecular weight excluding hydrogens is 240 g/mol. The second-order valence-electron chi connectivity index (χ2n) is 5.30. The van der Waals surface area contributed by atoms with Gasteiger partial charge in [-0.1, -0.05) is 6.42 Å². The summed E-state index contributed by atoms with van der Waals surface area (Å²) < 4.78 is 0. The number of aryl methyl sites for hydroxylation is 1. The van der Waals surface area contributed by atoms with E-state index in [2.05, 4.69) is 28.8 Å². The molecule has 1 aromatic rings. The van der Waals surface area contributed by atoms with Crippen molar-refractivity contribution < 1.29 is 0 Å². The molecule has 2 aliphatic rings. The van der Waals surface area contributed by atoms with Crippen LogP contribution in [0.2, 0.25) is 0 Å². The smallest absolute Gasteiger partial charge is 0.0344 e. The second kappa shape index (κ2) is 5.98. The van der Waals surface area contributed by atoms with Gasteiger partial charge in [0.25, 0.3) is 0 Å². The topological polar surface area (TPSA) is 24.1 Å². The number of thioether (sulfide) groups is 1. The summed E-state index contributed by atoms with van der Waals surface area (Å²) in [4.78, 5) is 1.49. The van der Waals surface area contributed by atoms with Crippen molar-refractivity contribution in [3.8, 4) is 0 Å². The van der Waals surface area contributed by atoms with Crippen molar-refractivity contribution in [3.63, 3.8) is 0 Å². The van der Waals surface area contributed by atoms with Gasteiger partial charge in [0.1, 0.15) is 0 Å². The molecule has 0 aromatic heterocycles. The zero-order valence-electron chi connectivity index (χ0n) is 10.9. The fourth-order valence-electron chi connectivity index (χ4n) is 2.81. The number of benzene rings is 1. The molecule has 0 amide bonds. The van der Waals surface area contributed by atoms with Crippen LogP contribution in [0.15, 0.2) is 23.1 Å². The maximum atomic E-state index is 3.59. The Hall–Kier alpha value is -0.670. The number of rotatable bonds is 3. The van der Waals surface area contributed by atoms with Gasteiger partial charge in [-0.25, -0.2) is 0 Å². The number of hydrogen-bond acceptors (Lipinski definition) is 3. The molecule has 98 valence electrons. The summed E-state index contributed by atoms with van der Waals surface area (Å²) in [6, 6.07) is 7.53. The molecule has 0 bridgehead atoms. The van der Waals surface area contributed by atoms with Gasteiger partial charge in [-0.05, 0) is 61.7 Å². The summed E-state index contributed by atoms with van der Waals surface area (Å²) in [7, 11) is 0. The van der Waals surface area contributed by atoms with Gasteiger partial charge in [0.15, 0.2) is 0 Å². The zero-order chi connectivity index (χ0) is 12.2. The Balaban J connectivity index is 1.58. The third-order valence-corrected chi connectivity index (χ3v) is 5.08. The molecule has 0 radical (unpaired) electrons. The van der Waals surface area contributed by atoms with E-state index >= 15 is 0 Å². The summed E-state index contributed by atoms with van der Waals surface area (Å²) in [5, 5.41) is 7.18. The van der Waals surface area contributed by atoms with Gasteiger partial charge in [0.05, 0.1) is 0 Å². The molecule has 2 heterocycles. The Morgan fingerprint density at radius 1 is 1.28 bits per heavy atom. The molecule has 1 atom stereocenters. The first-order chi connectivity index (χ1) is 8.92. The van der Waals surface area contributed by atoms with Crippen molar-refractivity contribution in [1.82, 2.24) is 5.32 Å². The van der Waals surface area contributed by atoms with Gasteiger partial charge in [-0.2, -0.15) is 0 Å². The minimum Gasteiger partial charge on any atom is -0.383 e. The molecule has 2 nitrogen and oxygen atoms in total. The normalized spacial score (nSPS) is 23.4. The fraction of sp³-hybridized carbons (Fsp3) is 0.600. The van der Waals surface area contributed by atoms with E-state index in [1.54, 1.807) is 0 Å². The van der Waals surface area contributed by atoms with E-state index in [9.17, 15) is 0 Å². The Kier molecular flexibility index (Phi) is 4.11. The van der Waals surface area contributed by atoms with E-state index in [1.165, 1.54) is 60.5 Å². The van der Waals surface area contributed by atoms with Crippen LogP contribution in [0.3, 0.4) is 0 Å². The lowest BCUT2D eigenvalue weighted by atomic mass is 10.0. The third kappa shape index (κ3) is 3.01. The molecule has 18 heavy (non-hydrogen) atoms. The molecule has 2 aliphatic heterocycles. The van der Waals surface area contributed by atoms with Crippen LogP contribution in [0.5, 0.6) is 0 Å². The maximum Gasteiger partial charge on any atom is 0.0344 e. The first kappa shape index (κ1) is 12.4. The van der Waals surface area contributed by atoms with E-state index in [0.717, 1.165) is 6.54 Å². The molecular formula is C15H22N2S. The molecule has 3 heteroatoms. The van der Waals surface area contributed by atoms with Gasteiger partial charge >= 0.3 is 0 Å². The highest BCUT2D eigenvalue weighted by molar-refractivity contribution is 7.99. The second-order valence-corrected chi connectivity index (χ2v) is 6.44. The van der Waals surface area contributed by atoms with Crippen LogP contribution < -0.4 is 10.6 Å². The summed E-state index contributed by atoms with van der Waals surface area (Å²) in [5.41, 5.74) is 2.83. The summed E-state index contributed by atoms with van der Waals surface area (Å²) in [6.45, 7) is 2.25. The first-order valence-electron chi connectivity index (χ1n) is 7.15. The number of piperidine rings is 1. The van der Waals surface area contributed by atoms with E-state index in [-0.39, 0.29) is 0 Å². The minimum absolute atomic E-state index is 0.657. The van der Waals surface area contributed by atoms with Crippen LogP contribution in [0.1, 0.15) is 31.2 Å². The predicted octanol–water partition coefficient (Wildman–Crippen LogP) is 3.28. The van der Waals surface area contributed by atoms with Gasteiger partial charge in [-0.3, -0.25) is 0 Å². The van der Waals surface area contributed by atoms with Gasteiger partial charge in [-0.15, -0.1) is 11.8 Å². The quantitative estimate of drug-likeness (QED) is 0.874. The van der Waals surface area contributed by atoms with Crippen LogP contribution in [0.25, 0.3) is 0 Å². The number of nitrogens with one attached hydrogen (secondary N) is 2. The van der Waals surface area contributed by atoms with Crippen molar-refractivity contribution in [1.29, 1.82) is 0 Å². The SMILES string of the molecule is c1cc2c(cc1NCC1CCCCN1)CCCS2. The molecule has 0 saturated carbocycles. The predicted molar refractivity (Wildman–Crippen MR) is 79.6 cm³/mol. The van der Waals surface area contributed by atoms with Crippen LogP contribution in [-0.4, -0.2) is 24.9 Å². The zero-order valence-corrected chi connectivity index (χ0v) is 11.7. The lowest BCUT2D eigenvalue weighted by molar-refractivity contribution is 0.414. The molecule has 1 fully saturated rings. The highest BCUT2D eigenvalue weighted by Gasteiger charge is 2.13. The Morgan fingerprint density at radius 3 is 3.17 bits per heavy atom. The molecule has 0 aliphatic carbocycles. The van der Waals surface area contributed by atoms with Crippen molar-refractivity contribution in [2.75, 3.05) is 24.2 Å². The summed E-state index contributed by atoms with van der Waals surface area (Å²) in [5.74, 6) is 1.28. The van der Waals surface area contributed by atoms with E-state index in [0.29, 0.717) is 6.04 Å². The Bertz CT molecular complexity index is 399. The average Bonchev–Trinajstić information content (AvgIpc) is 2.46. The van der Waals surface area contributed by atoms with E-state index in [1.807, 2.05) is 11.8 Å². The maximum absolute atomic E-state index is 3.59. The number of fused-ring (bicyclic) bond motifs is 1. The highest BCUT2D eigenvalue weighted by Crippen LogP contribution is 2.31. The van der Waals surface area contributed by atoms with Crippen molar-refractivity contribution in [2.45, 2.75) is 43.0 Å². The monoisotopic (exact) mass is 262 g/mol. The molecule has 2 N–H and O–H groups in total. The van der Waals surface area contributed by atoms with Gasteiger partial charge in [0.2, 0.25) is 0 Å². The van der Waals surface area contributed by atoms with Crippen LogP contribution in [0.4, 0.5) is 5.69 Å². The molecule has 1 aromatic carbocycles. The molecule has 1 saturated heterocycles. The highest BCUT2D eigenvalue weighted by atomic mass is 32.2. The van der Waals surface area contributed by atoms with Gasteiger partial charge in [0, 0.05) is 23.2 Å². The summed E-state index contributed by atoms with van der Waals surface area (Å²) in [6.07, 6.45) is 6.60. The standard InChI is InChI=1S/C15H22N2S/c1-2-8-16-14(5-1)11-17-13-6-7-15-12(10-13)4-3-9-18-15/h6-7,10,14,16-17H,1-5,8-9,11H2. The van der Waals surface area contributed by atoms with E-state index in [4.69, 9.17) is 0 Å². The van der Waals surface area contributed by atoms with Crippen molar-refractivity contribution in [2.24, 2.45) is 0 Å². The average molecular weight is 262 g/mol. The third-order valence-electron chi connectivity index (χ3n) is 3.87. The lowest BCUT2D eigenvalue weighted by Crippen LogP contribution is -2.39. The van der Waals surface area contributed by atoms with Crippen LogP contribution in [-0.2, 0) is 6.42 Å². The van der Waals surface area contributed by atoms with Crippen LogP contribution in [0, 0.1) is 0 Å². The lowest BCUT2D eigenvalue weighted by Gasteiger charge is -2.24. The molecule has 0 spiro atoms. The first-order valence-corrected chi connectivity index (χ1v) is 8.13. The molecule has 3 rings (SSSR count).